The minimum Gasteiger partial charge on any atom is -1.00 e. The van der Waals surface area contributed by atoms with Crippen molar-refractivity contribution in [1.29, 1.82) is 0 Å². The lowest BCUT2D eigenvalue weighted by atomic mass is 10.1. The van der Waals surface area contributed by atoms with Crippen LogP contribution in [0.4, 0.5) is 0 Å². The molecular formula is C14H16INO. The van der Waals surface area contributed by atoms with E-state index in [1.54, 1.807) is 0 Å². The first-order chi connectivity index (χ1) is 7.75. The number of benzene rings is 1. The Kier molecular flexibility index (Phi) is 5.58. The number of nitrogens with zero attached hydrogens (tertiary/aromatic N) is 1. The predicted molar refractivity (Wildman–Crippen MR) is 62.8 cm³/mol. The summed E-state index contributed by atoms with van der Waals surface area (Å²) < 4.78 is 1.99. The third-order valence-corrected chi connectivity index (χ3v) is 2.63. The van der Waals surface area contributed by atoms with Crippen LogP contribution in [0.5, 0.6) is 0 Å². The Bertz CT molecular complexity index is 442. The van der Waals surface area contributed by atoms with E-state index in [9.17, 15) is 5.11 Å². The van der Waals surface area contributed by atoms with Gasteiger partial charge in [-0.15, -0.1) is 0 Å². The van der Waals surface area contributed by atoms with Gasteiger partial charge < -0.3 is 29.1 Å². The standard InChI is InChI=1S/C14H16NO.HI/c1-12-7-9-15(10-8-12)11-14(16)13-5-3-2-4-6-13;/h2-10,14,16H,11H2,1H3;1H/q+1;/p-1. The molecule has 1 aromatic heterocycles. The summed E-state index contributed by atoms with van der Waals surface area (Å²) >= 11 is 0. The Balaban J connectivity index is 0.00000144. The minimum absolute atomic E-state index is 0. The molecule has 2 nitrogen and oxygen atoms in total. The predicted octanol–water partition coefficient (Wildman–Crippen LogP) is -0.980. The maximum atomic E-state index is 10.0. The van der Waals surface area contributed by atoms with Gasteiger partial charge in [-0.1, -0.05) is 30.3 Å². The van der Waals surface area contributed by atoms with Crippen molar-refractivity contribution >= 4 is 0 Å². The molecular weight excluding hydrogens is 325 g/mol. The van der Waals surface area contributed by atoms with Crippen molar-refractivity contribution in [2.75, 3.05) is 0 Å². The summed E-state index contributed by atoms with van der Waals surface area (Å²) in [6.07, 6.45) is 3.53. The number of aryl methyl sites for hydroxylation is 1. The molecule has 1 heterocycles. The summed E-state index contributed by atoms with van der Waals surface area (Å²) in [5.41, 5.74) is 2.18. The number of hydrogen-bond acceptors (Lipinski definition) is 1. The largest absolute Gasteiger partial charge is 1.00 e. The Hall–Kier alpha value is -0.940. The van der Waals surface area contributed by atoms with Gasteiger partial charge in [-0.3, -0.25) is 0 Å². The molecule has 2 aromatic rings. The first-order valence-electron chi connectivity index (χ1n) is 5.44. The van der Waals surface area contributed by atoms with Crippen molar-refractivity contribution in [2.24, 2.45) is 0 Å². The first kappa shape index (κ1) is 14.1. The summed E-state index contributed by atoms with van der Waals surface area (Å²) in [6, 6.07) is 13.8. The molecule has 0 amide bonds. The molecule has 0 aliphatic heterocycles. The average molecular weight is 341 g/mol. The molecule has 90 valence electrons. The average Bonchev–Trinajstić information content (AvgIpc) is 2.33. The van der Waals surface area contributed by atoms with Gasteiger partial charge in [-0.05, 0) is 18.1 Å². The Morgan fingerprint density at radius 3 is 2.24 bits per heavy atom. The number of rotatable bonds is 3. The van der Waals surface area contributed by atoms with Crippen LogP contribution in [-0.4, -0.2) is 5.11 Å². The monoisotopic (exact) mass is 341 g/mol. The number of pyridine rings is 1. The molecule has 0 saturated carbocycles. The lowest BCUT2D eigenvalue weighted by Gasteiger charge is -2.07. The lowest BCUT2D eigenvalue weighted by Crippen LogP contribution is -3.00. The molecule has 17 heavy (non-hydrogen) atoms. The summed E-state index contributed by atoms with van der Waals surface area (Å²) in [6.45, 7) is 2.64. The van der Waals surface area contributed by atoms with Gasteiger partial charge in [-0.25, -0.2) is 4.57 Å². The fraction of sp³-hybridized carbons (Fsp3) is 0.214. The Labute approximate surface area is 119 Å². The summed E-state index contributed by atoms with van der Waals surface area (Å²) in [4.78, 5) is 0. The molecule has 0 fully saturated rings. The molecule has 1 aromatic carbocycles. The zero-order chi connectivity index (χ0) is 11.4. The molecule has 0 radical (unpaired) electrons. The van der Waals surface area contributed by atoms with E-state index in [2.05, 4.69) is 6.92 Å². The van der Waals surface area contributed by atoms with Gasteiger partial charge >= 0.3 is 0 Å². The van der Waals surface area contributed by atoms with E-state index < -0.39 is 6.10 Å². The minimum atomic E-state index is -0.450. The highest BCUT2D eigenvalue weighted by Crippen LogP contribution is 2.11. The van der Waals surface area contributed by atoms with Crippen LogP contribution in [0.2, 0.25) is 0 Å². The molecule has 0 aliphatic carbocycles. The molecule has 1 N–H and O–H groups in total. The highest BCUT2D eigenvalue weighted by molar-refractivity contribution is 5.16. The third-order valence-electron chi connectivity index (χ3n) is 2.63. The molecule has 0 spiro atoms. The van der Waals surface area contributed by atoms with Crippen molar-refractivity contribution in [1.82, 2.24) is 0 Å². The van der Waals surface area contributed by atoms with Gasteiger partial charge in [0.15, 0.2) is 18.9 Å². The van der Waals surface area contributed by atoms with Crippen LogP contribution in [0, 0.1) is 6.92 Å². The second-order valence-electron chi connectivity index (χ2n) is 4.00. The van der Waals surface area contributed by atoms with Gasteiger partial charge in [0.2, 0.25) is 0 Å². The number of aromatic nitrogens is 1. The van der Waals surface area contributed by atoms with Crippen molar-refractivity contribution in [3.8, 4) is 0 Å². The molecule has 3 heteroatoms. The van der Waals surface area contributed by atoms with E-state index in [4.69, 9.17) is 0 Å². The van der Waals surface area contributed by atoms with E-state index in [0.717, 1.165) is 5.56 Å². The van der Waals surface area contributed by atoms with Crippen molar-refractivity contribution in [2.45, 2.75) is 19.6 Å². The van der Waals surface area contributed by atoms with Gasteiger partial charge in [0.05, 0.1) is 0 Å². The van der Waals surface area contributed by atoms with Crippen molar-refractivity contribution in [3.63, 3.8) is 0 Å². The Morgan fingerprint density at radius 1 is 1.06 bits per heavy atom. The molecule has 0 bridgehead atoms. The van der Waals surface area contributed by atoms with E-state index >= 15 is 0 Å². The fourth-order valence-electron chi connectivity index (χ4n) is 1.63. The lowest BCUT2D eigenvalue weighted by molar-refractivity contribution is -0.704. The van der Waals surface area contributed by atoms with Gasteiger partial charge in [0.1, 0.15) is 6.10 Å². The number of halogens is 1. The van der Waals surface area contributed by atoms with Crippen LogP contribution in [0.15, 0.2) is 54.9 Å². The Morgan fingerprint density at radius 2 is 1.65 bits per heavy atom. The van der Waals surface area contributed by atoms with Crippen LogP contribution in [0.1, 0.15) is 17.2 Å². The summed E-state index contributed by atoms with van der Waals surface area (Å²) in [7, 11) is 0. The highest BCUT2D eigenvalue weighted by atomic mass is 127. The second-order valence-corrected chi connectivity index (χ2v) is 4.00. The SMILES string of the molecule is Cc1cc[n+](CC(O)c2ccccc2)cc1.[I-]. The van der Waals surface area contributed by atoms with Gasteiger partial charge in [0.25, 0.3) is 0 Å². The second kappa shape index (κ2) is 6.71. The normalized spacial score (nSPS) is 11.6. The zero-order valence-corrected chi connectivity index (χ0v) is 11.9. The zero-order valence-electron chi connectivity index (χ0n) is 9.75. The summed E-state index contributed by atoms with van der Waals surface area (Å²) in [5, 5.41) is 10.0. The number of aliphatic hydroxyl groups is 1. The van der Waals surface area contributed by atoms with E-state index in [1.807, 2.05) is 59.4 Å². The molecule has 1 atom stereocenters. The van der Waals surface area contributed by atoms with Crippen LogP contribution in [0.3, 0.4) is 0 Å². The quantitative estimate of drug-likeness (QED) is 0.563. The van der Waals surface area contributed by atoms with E-state index in [0.29, 0.717) is 6.54 Å². The fourth-order valence-corrected chi connectivity index (χ4v) is 1.63. The highest BCUT2D eigenvalue weighted by Gasteiger charge is 2.12. The number of aliphatic hydroxyl groups excluding tert-OH is 1. The van der Waals surface area contributed by atoms with E-state index in [1.165, 1.54) is 5.56 Å². The topological polar surface area (TPSA) is 24.1 Å². The maximum absolute atomic E-state index is 10.0. The van der Waals surface area contributed by atoms with Crippen LogP contribution in [0.25, 0.3) is 0 Å². The smallest absolute Gasteiger partial charge is 0.178 e. The first-order valence-corrected chi connectivity index (χ1v) is 5.44. The molecule has 1 unspecified atom stereocenters. The van der Waals surface area contributed by atoms with Crippen LogP contribution < -0.4 is 28.5 Å². The maximum Gasteiger partial charge on any atom is 0.178 e. The van der Waals surface area contributed by atoms with Crippen molar-refractivity contribution < 1.29 is 33.7 Å². The van der Waals surface area contributed by atoms with Crippen LogP contribution in [-0.2, 0) is 6.54 Å². The van der Waals surface area contributed by atoms with Gasteiger partial charge in [0, 0.05) is 12.1 Å². The van der Waals surface area contributed by atoms with E-state index in [-0.39, 0.29) is 24.0 Å². The molecule has 0 aliphatic rings. The summed E-state index contributed by atoms with van der Waals surface area (Å²) in [5.74, 6) is 0. The third kappa shape index (κ3) is 4.09. The van der Waals surface area contributed by atoms with Gasteiger partial charge in [-0.2, -0.15) is 0 Å². The number of hydrogen-bond donors (Lipinski definition) is 1. The molecule has 0 saturated heterocycles. The molecule has 2 rings (SSSR count). The van der Waals surface area contributed by atoms with Crippen LogP contribution >= 0.6 is 0 Å². The van der Waals surface area contributed by atoms with Crippen molar-refractivity contribution in [3.05, 3.63) is 66.0 Å².